The number of urea groups is 1. The second-order valence-electron chi connectivity index (χ2n) is 5.07. The zero-order chi connectivity index (χ0) is 17.6. The highest BCUT2D eigenvalue weighted by molar-refractivity contribution is 7.89. The van der Waals surface area contributed by atoms with Gasteiger partial charge >= 0.3 is 6.03 Å². The number of nitrogens with one attached hydrogen (secondary N) is 2. The number of sulfonamides is 1. The number of morpholine rings is 1. The van der Waals surface area contributed by atoms with Crippen molar-refractivity contribution in [1.82, 2.24) is 9.62 Å². The van der Waals surface area contributed by atoms with E-state index in [1.54, 1.807) is 6.08 Å². The monoisotopic (exact) mass is 373 g/mol. The van der Waals surface area contributed by atoms with Crippen molar-refractivity contribution in [2.24, 2.45) is 0 Å². The Balaban J connectivity index is 2.18. The maximum atomic E-state index is 12.6. The molecule has 0 atom stereocenters. The minimum atomic E-state index is -3.65. The van der Waals surface area contributed by atoms with Crippen LogP contribution >= 0.6 is 11.6 Å². The van der Waals surface area contributed by atoms with E-state index in [4.69, 9.17) is 16.3 Å². The number of allylic oxidation sites excluding steroid dienone is 1. The minimum absolute atomic E-state index is 0.0770. The summed E-state index contributed by atoms with van der Waals surface area (Å²) in [5.74, 6) is 0. The van der Waals surface area contributed by atoms with Crippen LogP contribution in [-0.4, -0.2) is 45.1 Å². The number of benzene rings is 1. The van der Waals surface area contributed by atoms with Crippen molar-refractivity contribution in [3.63, 3.8) is 0 Å². The maximum Gasteiger partial charge on any atom is 0.323 e. The summed E-state index contributed by atoms with van der Waals surface area (Å²) in [7, 11) is -3.65. The topological polar surface area (TPSA) is 87.7 Å². The first kappa shape index (κ1) is 18.7. The number of rotatable bonds is 5. The lowest BCUT2D eigenvalue weighted by molar-refractivity contribution is 0.0730. The summed E-state index contributed by atoms with van der Waals surface area (Å²) in [6, 6.07) is 3.73. The molecular formula is C15H20ClN3O4S. The predicted molar refractivity (Wildman–Crippen MR) is 92.6 cm³/mol. The highest BCUT2D eigenvalue weighted by Gasteiger charge is 2.27. The summed E-state index contributed by atoms with van der Waals surface area (Å²) in [5, 5.41) is 5.31. The van der Waals surface area contributed by atoms with Crippen LogP contribution in [0, 0.1) is 0 Å². The molecule has 2 N–H and O–H groups in total. The fourth-order valence-corrected chi connectivity index (χ4v) is 3.71. The number of ether oxygens (including phenoxy) is 1. The Labute approximate surface area is 146 Å². The van der Waals surface area contributed by atoms with E-state index in [1.165, 1.54) is 28.7 Å². The number of hydrogen-bond donors (Lipinski definition) is 2. The van der Waals surface area contributed by atoms with Crippen LogP contribution in [0.15, 0.2) is 35.4 Å². The number of carbonyl (C=O) groups is 1. The lowest BCUT2D eigenvalue weighted by Gasteiger charge is -2.26. The summed E-state index contributed by atoms with van der Waals surface area (Å²) in [5.41, 5.74) is 0.230. The third-order valence-electron chi connectivity index (χ3n) is 3.36. The highest BCUT2D eigenvalue weighted by Crippen LogP contribution is 2.27. The molecule has 0 aromatic heterocycles. The van der Waals surface area contributed by atoms with E-state index in [9.17, 15) is 13.2 Å². The van der Waals surface area contributed by atoms with Gasteiger partial charge in [0.2, 0.25) is 10.0 Å². The van der Waals surface area contributed by atoms with Gasteiger partial charge in [-0.1, -0.05) is 24.6 Å². The molecule has 1 aliphatic rings. The molecule has 0 bridgehead atoms. The average Bonchev–Trinajstić information content (AvgIpc) is 2.58. The number of amides is 2. The van der Waals surface area contributed by atoms with Crippen molar-refractivity contribution in [2.45, 2.75) is 18.2 Å². The molecule has 1 heterocycles. The van der Waals surface area contributed by atoms with E-state index in [0.29, 0.717) is 26.3 Å². The molecule has 1 aromatic carbocycles. The van der Waals surface area contributed by atoms with Gasteiger partial charge in [-0.25, -0.2) is 13.2 Å². The Morgan fingerprint density at radius 3 is 2.75 bits per heavy atom. The number of carbonyl (C=O) groups excluding carboxylic acids is 1. The largest absolute Gasteiger partial charge is 0.379 e. The number of anilines is 1. The molecule has 1 saturated heterocycles. The van der Waals surface area contributed by atoms with Gasteiger partial charge < -0.3 is 15.4 Å². The Morgan fingerprint density at radius 1 is 1.38 bits per heavy atom. The van der Waals surface area contributed by atoms with Crippen LogP contribution in [0.5, 0.6) is 0 Å². The molecule has 9 heteroatoms. The SMILES string of the molecule is CC/C=C/NC(=O)Nc1cc(S(=O)(=O)N2CCOCC2)ccc1Cl. The van der Waals surface area contributed by atoms with Crippen molar-refractivity contribution < 1.29 is 17.9 Å². The number of halogens is 1. The molecule has 1 aromatic rings. The van der Waals surface area contributed by atoms with Crippen molar-refractivity contribution in [3.8, 4) is 0 Å². The molecule has 0 aliphatic carbocycles. The number of nitrogens with zero attached hydrogens (tertiary/aromatic N) is 1. The standard InChI is InChI=1S/C15H20ClN3O4S/c1-2-3-6-17-15(20)18-14-11-12(4-5-13(14)16)24(21,22)19-7-9-23-10-8-19/h3-6,11H,2,7-10H2,1H3,(H2,17,18,20)/b6-3+. The average molecular weight is 374 g/mol. The fourth-order valence-electron chi connectivity index (χ4n) is 2.11. The molecular weight excluding hydrogens is 354 g/mol. The molecule has 7 nitrogen and oxygen atoms in total. The zero-order valence-corrected chi connectivity index (χ0v) is 14.9. The molecule has 132 valence electrons. The van der Waals surface area contributed by atoms with Gasteiger partial charge in [0.15, 0.2) is 0 Å². The second-order valence-corrected chi connectivity index (χ2v) is 7.41. The maximum absolute atomic E-state index is 12.6. The molecule has 1 aliphatic heterocycles. The van der Waals surface area contributed by atoms with Crippen LogP contribution in [-0.2, 0) is 14.8 Å². The Kier molecular flexibility index (Phi) is 6.61. The van der Waals surface area contributed by atoms with E-state index in [1.807, 2.05) is 6.92 Å². The van der Waals surface area contributed by atoms with Gasteiger partial charge in [0.1, 0.15) is 0 Å². The molecule has 0 spiro atoms. The van der Waals surface area contributed by atoms with E-state index < -0.39 is 16.1 Å². The first-order chi connectivity index (χ1) is 11.4. The van der Waals surface area contributed by atoms with E-state index >= 15 is 0 Å². The van der Waals surface area contributed by atoms with Crippen LogP contribution in [0.4, 0.5) is 10.5 Å². The Hall–Kier alpha value is -1.61. The summed E-state index contributed by atoms with van der Waals surface area (Å²) in [6.07, 6.45) is 4.08. The zero-order valence-electron chi connectivity index (χ0n) is 13.3. The molecule has 1 fully saturated rings. The molecule has 2 amide bonds. The normalized spacial score (nSPS) is 16.2. The summed E-state index contributed by atoms with van der Waals surface area (Å²) in [4.78, 5) is 11.9. The van der Waals surface area contributed by atoms with Crippen LogP contribution in [0.2, 0.25) is 5.02 Å². The van der Waals surface area contributed by atoms with Crippen molar-refractivity contribution in [3.05, 3.63) is 35.5 Å². The van der Waals surface area contributed by atoms with Gasteiger partial charge in [0.05, 0.1) is 28.8 Å². The molecule has 0 radical (unpaired) electrons. The summed E-state index contributed by atoms with van der Waals surface area (Å²) >= 11 is 6.05. The van der Waals surface area contributed by atoms with Gasteiger partial charge in [-0.2, -0.15) is 4.31 Å². The van der Waals surface area contributed by atoms with Crippen LogP contribution in [0.3, 0.4) is 0 Å². The highest BCUT2D eigenvalue weighted by atomic mass is 35.5. The first-order valence-electron chi connectivity index (χ1n) is 7.55. The van der Waals surface area contributed by atoms with E-state index in [0.717, 1.165) is 6.42 Å². The van der Waals surface area contributed by atoms with Gasteiger partial charge in [-0.05, 0) is 24.6 Å². The molecule has 24 heavy (non-hydrogen) atoms. The van der Waals surface area contributed by atoms with Gasteiger partial charge in [-0.3, -0.25) is 0 Å². The fraction of sp³-hybridized carbons (Fsp3) is 0.400. The lowest BCUT2D eigenvalue weighted by Crippen LogP contribution is -2.40. The first-order valence-corrected chi connectivity index (χ1v) is 9.37. The van der Waals surface area contributed by atoms with Crippen molar-refractivity contribution in [1.29, 1.82) is 0 Å². The van der Waals surface area contributed by atoms with Crippen molar-refractivity contribution >= 4 is 33.3 Å². The van der Waals surface area contributed by atoms with Gasteiger partial charge in [-0.15, -0.1) is 0 Å². The van der Waals surface area contributed by atoms with E-state index in [2.05, 4.69) is 10.6 Å². The third kappa shape index (κ3) is 4.70. The summed E-state index contributed by atoms with van der Waals surface area (Å²) in [6.45, 7) is 3.27. The van der Waals surface area contributed by atoms with Gasteiger partial charge in [0, 0.05) is 19.3 Å². The lowest BCUT2D eigenvalue weighted by atomic mass is 10.3. The van der Waals surface area contributed by atoms with Crippen LogP contribution in [0.25, 0.3) is 0 Å². The van der Waals surface area contributed by atoms with Gasteiger partial charge in [0.25, 0.3) is 0 Å². The second kappa shape index (κ2) is 8.48. The van der Waals surface area contributed by atoms with Crippen molar-refractivity contribution in [2.75, 3.05) is 31.6 Å². The smallest absolute Gasteiger partial charge is 0.323 e. The van der Waals surface area contributed by atoms with Crippen LogP contribution in [0.1, 0.15) is 13.3 Å². The summed E-state index contributed by atoms with van der Waals surface area (Å²) < 4.78 is 31.8. The third-order valence-corrected chi connectivity index (χ3v) is 5.59. The molecule has 0 unspecified atom stereocenters. The Bertz CT molecular complexity index is 715. The molecule has 0 saturated carbocycles. The predicted octanol–water partition coefficient (Wildman–Crippen LogP) is 2.41. The minimum Gasteiger partial charge on any atom is -0.379 e. The Morgan fingerprint density at radius 2 is 2.08 bits per heavy atom. The molecule has 2 rings (SSSR count). The van der Waals surface area contributed by atoms with Crippen LogP contribution < -0.4 is 10.6 Å². The van der Waals surface area contributed by atoms with E-state index in [-0.39, 0.29) is 15.6 Å². The number of hydrogen-bond acceptors (Lipinski definition) is 4. The quantitative estimate of drug-likeness (QED) is 0.829.